The summed E-state index contributed by atoms with van der Waals surface area (Å²) in [6, 6.07) is 5.51. The van der Waals surface area contributed by atoms with Gasteiger partial charge in [0.25, 0.3) is 0 Å². The van der Waals surface area contributed by atoms with Crippen molar-refractivity contribution >= 4 is 17.6 Å². The third-order valence-electron chi connectivity index (χ3n) is 3.16. The number of nitrogens with one attached hydrogen (secondary N) is 1. The molecule has 0 bridgehead atoms. The van der Waals surface area contributed by atoms with E-state index in [0.29, 0.717) is 24.3 Å². The van der Waals surface area contributed by atoms with Crippen LogP contribution in [0.4, 0.5) is 5.69 Å². The number of rotatable bonds is 3. The first-order valence-electron chi connectivity index (χ1n) is 6.30. The lowest BCUT2D eigenvalue weighted by Crippen LogP contribution is -2.30. The molecule has 1 aliphatic rings. The van der Waals surface area contributed by atoms with E-state index in [0.717, 1.165) is 5.56 Å². The first-order chi connectivity index (χ1) is 9.15. The van der Waals surface area contributed by atoms with Crippen molar-refractivity contribution in [2.75, 3.05) is 19.0 Å². The summed E-state index contributed by atoms with van der Waals surface area (Å²) < 4.78 is 10.1. The lowest BCUT2D eigenvalue weighted by Gasteiger charge is -2.11. The Morgan fingerprint density at radius 3 is 2.95 bits per heavy atom. The second-order valence-corrected chi connectivity index (χ2v) is 4.36. The van der Waals surface area contributed by atoms with Crippen molar-refractivity contribution in [1.82, 2.24) is 0 Å². The van der Waals surface area contributed by atoms with Crippen molar-refractivity contribution in [3.05, 3.63) is 23.8 Å². The second-order valence-electron chi connectivity index (χ2n) is 4.36. The zero-order chi connectivity index (χ0) is 13.8. The Hall–Kier alpha value is -2.04. The predicted octanol–water partition coefficient (Wildman–Crippen LogP) is 1.76. The van der Waals surface area contributed by atoms with Crippen LogP contribution in [0, 0.1) is 5.92 Å². The number of amides is 1. The van der Waals surface area contributed by atoms with Crippen LogP contribution in [0.1, 0.15) is 18.9 Å². The highest BCUT2D eigenvalue weighted by Gasteiger charge is 2.30. The number of ether oxygens (including phenoxy) is 2. The number of esters is 1. The highest BCUT2D eigenvalue weighted by atomic mass is 16.5. The molecule has 5 nitrogen and oxygen atoms in total. The molecule has 1 aromatic carbocycles. The van der Waals surface area contributed by atoms with E-state index < -0.39 is 11.9 Å². The standard InChI is InChI=1S/C14H17NO4/c1-3-19-14(17)11-7-5-9-4-6-10(18-2)8-12(9)15-13(11)16/h4,6,8,11H,3,5,7H2,1-2H3,(H,15,16)/t11-/m1/s1. The third kappa shape index (κ3) is 2.86. The predicted molar refractivity (Wildman–Crippen MR) is 70.1 cm³/mol. The fraction of sp³-hybridized carbons (Fsp3) is 0.429. The molecular weight excluding hydrogens is 246 g/mol. The summed E-state index contributed by atoms with van der Waals surface area (Å²) in [5.74, 6) is -0.836. The lowest BCUT2D eigenvalue weighted by molar-refractivity contribution is -0.151. The third-order valence-corrected chi connectivity index (χ3v) is 3.16. The molecule has 0 spiro atoms. The van der Waals surface area contributed by atoms with Gasteiger partial charge in [0.2, 0.25) is 5.91 Å². The average molecular weight is 263 g/mol. The Kier molecular flexibility index (Phi) is 4.04. The molecular formula is C14H17NO4. The number of hydrogen-bond acceptors (Lipinski definition) is 4. The quantitative estimate of drug-likeness (QED) is 0.666. The van der Waals surface area contributed by atoms with E-state index >= 15 is 0 Å². The summed E-state index contributed by atoms with van der Waals surface area (Å²) in [6.45, 7) is 2.01. The molecule has 0 fully saturated rings. The van der Waals surface area contributed by atoms with Crippen molar-refractivity contribution in [2.45, 2.75) is 19.8 Å². The summed E-state index contributed by atoms with van der Waals surface area (Å²) in [5, 5.41) is 2.77. The summed E-state index contributed by atoms with van der Waals surface area (Å²) in [6.07, 6.45) is 1.12. The Morgan fingerprint density at radius 2 is 2.26 bits per heavy atom. The van der Waals surface area contributed by atoms with Crippen LogP contribution in [0.5, 0.6) is 5.75 Å². The van der Waals surface area contributed by atoms with Crippen LogP contribution in [0.3, 0.4) is 0 Å². The molecule has 1 aromatic rings. The number of carbonyl (C=O) groups excluding carboxylic acids is 2. The smallest absolute Gasteiger partial charge is 0.318 e. The molecule has 0 radical (unpaired) electrons. The van der Waals surface area contributed by atoms with Crippen LogP contribution >= 0.6 is 0 Å². The Labute approximate surface area is 111 Å². The van der Waals surface area contributed by atoms with Gasteiger partial charge in [-0.05, 0) is 31.4 Å². The van der Waals surface area contributed by atoms with E-state index in [1.807, 2.05) is 12.1 Å². The minimum Gasteiger partial charge on any atom is -0.497 e. The van der Waals surface area contributed by atoms with Gasteiger partial charge in [-0.3, -0.25) is 9.59 Å². The van der Waals surface area contributed by atoms with Gasteiger partial charge in [0.1, 0.15) is 11.7 Å². The van der Waals surface area contributed by atoms with E-state index in [4.69, 9.17) is 9.47 Å². The molecule has 1 heterocycles. The SMILES string of the molecule is CCOC(=O)[C@@H]1CCc2ccc(OC)cc2NC1=O. The van der Waals surface area contributed by atoms with Crippen LogP contribution in [0.2, 0.25) is 0 Å². The fourth-order valence-electron chi connectivity index (χ4n) is 2.14. The molecule has 1 atom stereocenters. The van der Waals surface area contributed by atoms with Crippen molar-refractivity contribution in [1.29, 1.82) is 0 Å². The molecule has 1 amide bonds. The monoisotopic (exact) mass is 263 g/mol. The van der Waals surface area contributed by atoms with Crippen molar-refractivity contribution in [3.63, 3.8) is 0 Å². The van der Waals surface area contributed by atoms with Gasteiger partial charge in [-0.1, -0.05) is 6.07 Å². The second kappa shape index (κ2) is 5.73. The highest BCUT2D eigenvalue weighted by Crippen LogP contribution is 2.28. The molecule has 19 heavy (non-hydrogen) atoms. The molecule has 0 aromatic heterocycles. The summed E-state index contributed by atoms with van der Waals surface area (Å²) in [7, 11) is 1.57. The maximum Gasteiger partial charge on any atom is 0.318 e. The molecule has 102 valence electrons. The summed E-state index contributed by atoms with van der Waals surface area (Å²) in [4.78, 5) is 23.8. The zero-order valence-corrected chi connectivity index (χ0v) is 11.1. The molecule has 0 saturated carbocycles. The Morgan fingerprint density at radius 1 is 1.47 bits per heavy atom. The Balaban J connectivity index is 2.21. The topological polar surface area (TPSA) is 64.6 Å². The molecule has 0 saturated heterocycles. The highest BCUT2D eigenvalue weighted by molar-refractivity contribution is 6.05. The minimum absolute atomic E-state index is 0.281. The van der Waals surface area contributed by atoms with E-state index in [1.54, 1.807) is 20.1 Å². The minimum atomic E-state index is -0.738. The molecule has 0 aliphatic carbocycles. The van der Waals surface area contributed by atoms with Crippen molar-refractivity contribution in [3.8, 4) is 5.75 Å². The van der Waals surface area contributed by atoms with Crippen LogP contribution in [0.15, 0.2) is 18.2 Å². The van der Waals surface area contributed by atoms with E-state index in [1.165, 1.54) is 0 Å². The van der Waals surface area contributed by atoms with Gasteiger partial charge in [-0.15, -0.1) is 0 Å². The molecule has 0 unspecified atom stereocenters. The first-order valence-corrected chi connectivity index (χ1v) is 6.30. The number of methoxy groups -OCH3 is 1. The fourth-order valence-corrected chi connectivity index (χ4v) is 2.14. The lowest BCUT2D eigenvalue weighted by atomic mass is 10.0. The van der Waals surface area contributed by atoms with E-state index in [9.17, 15) is 9.59 Å². The number of fused-ring (bicyclic) bond motifs is 1. The van der Waals surface area contributed by atoms with Gasteiger partial charge in [0.05, 0.1) is 13.7 Å². The zero-order valence-electron chi connectivity index (χ0n) is 11.1. The number of carbonyl (C=O) groups is 2. The van der Waals surface area contributed by atoms with Gasteiger partial charge < -0.3 is 14.8 Å². The molecule has 2 rings (SSSR count). The average Bonchev–Trinajstić information content (AvgIpc) is 2.56. The van der Waals surface area contributed by atoms with Crippen molar-refractivity contribution < 1.29 is 19.1 Å². The van der Waals surface area contributed by atoms with Crippen LogP contribution in [-0.2, 0) is 20.7 Å². The van der Waals surface area contributed by atoms with Crippen LogP contribution < -0.4 is 10.1 Å². The Bertz CT molecular complexity index is 498. The van der Waals surface area contributed by atoms with Gasteiger partial charge in [-0.25, -0.2) is 0 Å². The number of anilines is 1. The number of benzene rings is 1. The molecule has 5 heteroatoms. The maximum atomic E-state index is 12.0. The van der Waals surface area contributed by atoms with E-state index in [-0.39, 0.29) is 12.5 Å². The summed E-state index contributed by atoms with van der Waals surface area (Å²) in [5.41, 5.74) is 1.71. The molecule has 1 N–H and O–H groups in total. The van der Waals surface area contributed by atoms with Crippen LogP contribution in [-0.4, -0.2) is 25.6 Å². The first kappa shape index (κ1) is 13.4. The van der Waals surface area contributed by atoms with Crippen LogP contribution in [0.25, 0.3) is 0 Å². The van der Waals surface area contributed by atoms with Gasteiger partial charge in [0, 0.05) is 11.8 Å². The largest absolute Gasteiger partial charge is 0.497 e. The van der Waals surface area contributed by atoms with Crippen molar-refractivity contribution in [2.24, 2.45) is 5.92 Å². The van der Waals surface area contributed by atoms with Gasteiger partial charge in [0.15, 0.2) is 0 Å². The van der Waals surface area contributed by atoms with Gasteiger partial charge in [-0.2, -0.15) is 0 Å². The normalized spacial score (nSPS) is 18.0. The molecule has 1 aliphatic heterocycles. The number of aryl methyl sites for hydroxylation is 1. The maximum absolute atomic E-state index is 12.0. The number of hydrogen-bond donors (Lipinski definition) is 1. The van der Waals surface area contributed by atoms with E-state index in [2.05, 4.69) is 5.32 Å². The summed E-state index contributed by atoms with van der Waals surface area (Å²) >= 11 is 0. The van der Waals surface area contributed by atoms with Gasteiger partial charge >= 0.3 is 5.97 Å².